The summed E-state index contributed by atoms with van der Waals surface area (Å²) in [6.45, 7) is 4.81. The van der Waals surface area contributed by atoms with Crippen LogP contribution in [0, 0.1) is 13.8 Å². The average Bonchev–Trinajstić information content (AvgIpc) is 2.92. The van der Waals surface area contributed by atoms with Crippen molar-refractivity contribution in [3.8, 4) is 0 Å². The summed E-state index contributed by atoms with van der Waals surface area (Å²) < 4.78 is 27.8. The Hall–Kier alpha value is -2.18. The van der Waals surface area contributed by atoms with Crippen LogP contribution in [0.15, 0.2) is 47.4 Å². The molecule has 1 amide bonds. The van der Waals surface area contributed by atoms with Gasteiger partial charge in [0.05, 0.1) is 4.90 Å². The van der Waals surface area contributed by atoms with Gasteiger partial charge in [-0.15, -0.1) is 0 Å². The Morgan fingerprint density at radius 3 is 2.33 bits per heavy atom. The van der Waals surface area contributed by atoms with Gasteiger partial charge in [0.15, 0.2) is 0 Å². The molecule has 1 aliphatic heterocycles. The molecule has 3 rings (SSSR count). The third-order valence-electron chi connectivity index (χ3n) is 4.91. The molecule has 1 N–H and O–H groups in total. The molecule has 2 aromatic rings. The molecule has 6 heteroatoms. The molecule has 0 atom stereocenters. The number of aryl methyl sites for hydroxylation is 2. The minimum atomic E-state index is -3.60. The molecule has 144 valence electrons. The molecule has 2 aromatic carbocycles. The second kappa shape index (κ2) is 8.23. The summed E-state index contributed by atoms with van der Waals surface area (Å²) in [4.78, 5) is 12.9. The van der Waals surface area contributed by atoms with E-state index in [1.54, 1.807) is 23.4 Å². The van der Waals surface area contributed by atoms with E-state index in [9.17, 15) is 13.2 Å². The third kappa shape index (κ3) is 4.57. The monoisotopic (exact) mass is 386 g/mol. The first kappa shape index (κ1) is 19.6. The first-order chi connectivity index (χ1) is 12.9. The van der Waals surface area contributed by atoms with Crippen LogP contribution in [-0.2, 0) is 10.0 Å². The van der Waals surface area contributed by atoms with E-state index in [1.165, 1.54) is 6.07 Å². The minimum Gasteiger partial charge on any atom is -0.322 e. The molecule has 0 spiro atoms. The van der Waals surface area contributed by atoms with Gasteiger partial charge in [-0.2, -0.15) is 4.31 Å². The zero-order valence-corrected chi connectivity index (χ0v) is 16.7. The lowest BCUT2D eigenvalue weighted by Gasteiger charge is -2.21. The highest BCUT2D eigenvalue weighted by Gasteiger charge is 2.27. The van der Waals surface area contributed by atoms with Gasteiger partial charge in [-0.3, -0.25) is 4.79 Å². The van der Waals surface area contributed by atoms with Crippen molar-refractivity contribution in [2.45, 2.75) is 44.4 Å². The van der Waals surface area contributed by atoms with Crippen LogP contribution in [0.5, 0.6) is 0 Å². The second-order valence-corrected chi connectivity index (χ2v) is 9.03. The molecular formula is C21H26N2O3S. The van der Waals surface area contributed by atoms with Crippen LogP contribution in [0.25, 0.3) is 0 Å². The number of amides is 1. The Morgan fingerprint density at radius 2 is 1.67 bits per heavy atom. The molecule has 1 saturated heterocycles. The SMILES string of the molecule is Cc1cccc(NC(=O)c2ccc(C)c(S(=O)(=O)N3CCCCCC3)c2)c1. The van der Waals surface area contributed by atoms with E-state index in [-0.39, 0.29) is 10.8 Å². The first-order valence-electron chi connectivity index (χ1n) is 9.37. The van der Waals surface area contributed by atoms with E-state index in [0.29, 0.717) is 29.9 Å². The standard InChI is InChI=1S/C21H26N2O3S/c1-16-8-7-9-19(14-16)22-21(24)18-11-10-17(2)20(15-18)27(25,26)23-12-5-3-4-6-13-23/h7-11,14-15H,3-6,12-13H2,1-2H3,(H,22,24). The van der Waals surface area contributed by atoms with Crippen molar-refractivity contribution in [3.05, 3.63) is 59.2 Å². The largest absolute Gasteiger partial charge is 0.322 e. The zero-order chi connectivity index (χ0) is 19.4. The summed E-state index contributed by atoms with van der Waals surface area (Å²) in [5, 5.41) is 2.84. The Balaban J connectivity index is 1.88. The molecule has 0 aromatic heterocycles. The van der Waals surface area contributed by atoms with E-state index < -0.39 is 10.0 Å². The van der Waals surface area contributed by atoms with Crippen LogP contribution in [0.1, 0.15) is 47.2 Å². The minimum absolute atomic E-state index is 0.223. The van der Waals surface area contributed by atoms with Crippen LogP contribution in [0.2, 0.25) is 0 Å². The van der Waals surface area contributed by atoms with E-state index in [0.717, 1.165) is 31.2 Å². The molecule has 5 nitrogen and oxygen atoms in total. The van der Waals surface area contributed by atoms with Crippen LogP contribution in [-0.4, -0.2) is 31.7 Å². The normalized spacial score (nSPS) is 15.9. The van der Waals surface area contributed by atoms with Gasteiger partial charge in [-0.05, 0) is 62.1 Å². The van der Waals surface area contributed by atoms with Gasteiger partial charge in [-0.25, -0.2) is 8.42 Å². The van der Waals surface area contributed by atoms with Crippen LogP contribution >= 0.6 is 0 Å². The number of nitrogens with zero attached hydrogens (tertiary/aromatic N) is 1. The Kier molecular flexibility index (Phi) is 5.97. The fraction of sp³-hybridized carbons (Fsp3) is 0.381. The Morgan fingerprint density at radius 1 is 0.963 bits per heavy atom. The first-order valence-corrected chi connectivity index (χ1v) is 10.8. The molecule has 0 saturated carbocycles. The van der Waals surface area contributed by atoms with Crippen molar-refractivity contribution in [1.82, 2.24) is 4.31 Å². The van der Waals surface area contributed by atoms with Gasteiger partial charge in [0.1, 0.15) is 0 Å². The predicted octanol–water partition coefficient (Wildman–Crippen LogP) is 4.12. The average molecular weight is 387 g/mol. The fourth-order valence-corrected chi connectivity index (χ4v) is 5.13. The highest BCUT2D eigenvalue weighted by atomic mass is 32.2. The number of benzene rings is 2. The molecule has 1 aliphatic rings. The van der Waals surface area contributed by atoms with Crippen molar-refractivity contribution in [1.29, 1.82) is 0 Å². The van der Waals surface area contributed by atoms with Gasteiger partial charge in [0.25, 0.3) is 5.91 Å². The number of sulfonamides is 1. The Labute approximate surface area is 161 Å². The number of rotatable bonds is 4. The van der Waals surface area contributed by atoms with Gasteiger partial charge in [0, 0.05) is 24.3 Å². The molecule has 0 aliphatic carbocycles. The van der Waals surface area contributed by atoms with Gasteiger partial charge >= 0.3 is 0 Å². The van der Waals surface area contributed by atoms with Crippen molar-refractivity contribution in [2.75, 3.05) is 18.4 Å². The van der Waals surface area contributed by atoms with E-state index in [1.807, 2.05) is 31.2 Å². The number of hydrogen-bond acceptors (Lipinski definition) is 3. The lowest BCUT2D eigenvalue weighted by molar-refractivity contribution is 0.102. The third-order valence-corrected chi connectivity index (χ3v) is 6.95. The quantitative estimate of drug-likeness (QED) is 0.859. The maximum atomic E-state index is 13.1. The fourth-order valence-electron chi connectivity index (χ4n) is 3.37. The summed E-state index contributed by atoms with van der Waals surface area (Å²) in [5.41, 5.74) is 2.74. The van der Waals surface area contributed by atoms with E-state index in [4.69, 9.17) is 0 Å². The lowest BCUT2D eigenvalue weighted by atomic mass is 10.1. The predicted molar refractivity (Wildman–Crippen MR) is 108 cm³/mol. The Bertz CT molecular complexity index is 930. The van der Waals surface area contributed by atoms with E-state index in [2.05, 4.69) is 5.32 Å². The van der Waals surface area contributed by atoms with Crippen LogP contribution < -0.4 is 5.32 Å². The van der Waals surface area contributed by atoms with Crippen molar-refractivity contribution in [3.63, 3.8) is 0 Å². The summed E-state index contributed by atoms with van der Waals surface area (Å²) in [7, 11) is -3.60. The summed E-state index contributed by atoms with van der Waals surface area (Å²) in [6, 6.07) is 12.4. The molecular weight excluding hydrogens is 360 g/mol. The topological polar surface area (TPSA) is 66.5 Å². The van der Waals surface area contributed by atoms with Gasteiger partial charge in [-0.1, -0.05) is 31.0 Å². The number of carbonyl (C=O) groups excluding carboxylic acids is 1. The maximum absolute atomic E-state index is 13.1. The second-order valence-electron chi connectivity index (χ2n) is 7.12. The van der Waals surface area contributed by atoms with Crippen molar-refractivity contribution in [2.24, 2.45) is 0 Å². The number of anilines is 1. The zero-order valence-electron chi connectivity index (χ0n) is 15.9. The highest BCUT2D eigenvalue weighted by Crippen LogP contribution is 2.24. The lowest BCUT2D eigenvalue weighted by Crippen LogP contribution is -2.32. The number of nitrogens with one attached hydrogen (secondary N) is 1. The maximum Gasteiger partial charge on any atom is 0.255 e. The summed E-state index contributed by atoms with van der Waals surface area (Å²) >= 11 is 0. The van der Waals surface area contributed by atoms with Crippen molar-refractivity contribution >= 4 is 21.6 Å². The van der Waals surface area contributed by atoms with Crippen LogP contribution in [0.4, 0.5) is 5.69 Å². The molecule has 1 heterocycles. The van der Waals surface area contributed by atoms with Crippen LogP contribution in [0.3, 0.4) is 0 Å². The molecule has 1 fully saturated rings. The smallest absolute Gasteiger partial charge is 0.255 e. The summed E-state index contributed by atoms with van der Waals surface area (Å²) in [5.74, 6) is -0.312. The number of hydrogen-bond donors (Lipinski definition) is 1. The van der Waals surface area contributed by atoms with Gasteiger partial charge < -0.3 is 5.32 Å². The molecule has 0 bridgehead atoms. The van der Waals surface area contributed by atoms with E-state index >= 15 is 0 Å². The van der Waals surface area contributed by atoms with Gasteiger partial charge in [0.2, 0.25) is 10.0 Å². The summed E-state index contributed by atoms with van der Waals surface area (Å²) in [6.07, 6.45) is 3.88. The molecule has 0 unspecified atom stereocenters. The molecule has 27 heavy (non-hydrogen) atoms. The number of carbonyl (C=O) groups is 1. The van der Waals surface area contributed by atoms with Crippen molar-refractivity contribution < 1.29 is 13.2 Å². The highest BCUT2D eigenvalue weighted by molar-refractivity contribution is 7.89. The molecule has 0 radical (unpaired) electrons.